The number of nitrogens with zero attached hydrogens (tertiary/aromatic N) is 4. The van der Waals surface area contributed by atoms with Gasteiger partial charge in [-0.05, 0) is 40.7 Å². The van der Waals surface area contributed by atoms with Crippen LogP contribution in [0.1, 0.15) is 40.6 Å². The van der Waals surface area contributed by atoms with Gasteiger partial charge < -0.3 is 22.1 Å². The standard InChI is InChI=1S/C14H13Cl2F3N4S2.C12H9Cl2F3N4S.C2H5ClS.CH3Cl.2H2/c1-3-25-11-9(12(20)24)22-23(13(11)21-2)10-7(15)4-6(5-8(10)16)14(17,18)19;1-19-9-4-8(11(18)22)20-21(9)10-6(13)2-5(3-7(10)14)12(15,16)17;1-2-4-3;1-2;;/h4-5,21H,3H2,1-2H3,(H2,20,24);2-4,19H,1H3,(H2,18,22);2H2,1H3;1H3;2*1H/p+1. The van der Waals surface area contributed by atoms with Crippen molar-refractivity contribution in [3.05, 3.63) is 72.9 Å². The molecule has 24 heteroatoms. The van der Waals surface area contributed by atoms with Crippen LogP contribution < -0.4 is 22.1 Å². The summed E-state index contributed by atoms with van der Waals surface area (Å²) < 4.78 is 79.6. The van der Waals surface area contributed by atoms with E-state index >= 15 is 0 Å². The van der Waals surface area contributed by atoms with Crippen molar-refractivity contribution in [2.75, 3.05) is 42.6 Å². The highest BCUT2D eigenvalue weighted by Gasteiger charge is 2.34. The molecule has 0 fully saturated rings. The van der Waals surface area contributed by atoms with Crippen LogP contribution in [0.25, 0.3) is 11.4 Å². The fraction of sp³-hybridized carbons (Fsp3) is 0.310. The molecular weight excluding hydrogens is 915 g/mol. The summed E-state index contributed by atoms with van der Waals surface area (Å²) in [6, 6.07) is 4.70. The summed E-state index contributed by atoms with van der Waals surface area (Å²) in [6.45, 7) is 3.94. The molecule has 8 nitrogen and oxygen atoms in total. The number of hydrogen-bond donors (Lipinski definition) is 4. The molecule has 0 spiro atoms. The van der Waals surface area contributed by atoms with Gasteiger partial charge in [0, 0.05) is 35.2 Å². The van der Waals surface area contributed by atoms with Crippen molar-refractivity contribution in [2.24, 2.45) is 11.5 Å². The maximum atomic E-state index is 12.9. The number of nitrogens with one attached hydrogen (secondary N) is 2. The number of alkyl halides is 7. The Hall–Kier alpha value is -1.74. The van der Waals surface area contributed by atoms with E-state index in [1.54, 1.807) is 14.1 Å². The summed E-state index contributed by atoms with van der Waals surface area (Å²) in [5.74, 6) is 2.62. The summed E-state index contributed by atoms with van der Waals surface area (Å²) in [5, 5.41) is 13.4. The minimum absolute atomic E-state index is 0. The van der Waals surface area contributed by atoms with Gasteiger partial charge in [0.25, 0.3) is 0 Å². The molecule has 0 saturated carbocycles. The normalized spacial score (nSPS) is 11.0. The van der Waals surface area contributed by atoms with Crippen LogP contribution >= 0.6 is 116 Å². The third kappa shape index (κ3) is 13.2. The molecule has 2 aromatic carbocycles. The zero-order valence-electron chi connectivity index (χ0n) is 28.9. The van der Waals surface area contributed by atoms with E-state index in [2.05, 4.69) is 32.4 Å². The van der Waals surface area contributed by atoms with Crippen LogP contribution in [-0.2, 0) is 12.4 Å². The van der Waals surface area contributed by atoms with Gasteiger partial charge >= 0.3 is 13.8 Å². The highest BCUT2D eigenvalue weighted by Crippen LogP contribution is 2.41. The third-order valence-electron chi connectivity index (χ3n) is 6.04. The van der Waals surface area contributed by atoms with Crippen LogP contribution in [0.5, 0.6) is 0 Å². The first-order chi connectivity index (χ1) is 24.7. The molecule has 0 amide bonds. The first kappa shape index (κ1) is 49.3. The lowest BCUT2D eigenvalue weighted by Gasteiger charge is -2.14. The maximum Gasteiger partial charge on any atom is 1.00 e. The van der Waals surface area contributed by atoms with Gasteiger partial charge in [-0.1, -0.05) is 95.7 Å². The van der Waals surface area contributed by atoms with Crippen molar-refractivity contribution in [1.29, 1.82) is 0 Å². The zero-order valence-corrected chi connectivity index (χ0v) is 35.7. The lowest BCUT2D eigenvalue weighted by atomic mass is 10.2. The molecule has 0 saturated heterocycles. The van der Waals surface area contributed by atoms with E-state index in [0.29, 0.717) is 28.0 Å². The number of halogens is 12. The van der Waals surface area contributed by atoms with Crippen LogP contribution in [-0.4, -0.2) is 61.5 Å². The Morgan fingerprint density at radius 3 is 1.49 bits per heavy atom. The fourth-order valence-corrected chi connectivity index (χ4v) is 6.44. The zero-order chi connectivity index (χ0) is 41.0. The number of anilines is 2. The topological polar surface area (TPSA) is 112 Å². The van der Waals surface area contributed by atoms with E-state index in [1.807, 2.05) is 13.8 Å². The Bertz CT molecular complexity index is 1840. The molecule has 2 heterocycles. The van der Waals surface area contributed by atoms with E-state index in [1.165, 1.54) is 44.6 Å². The van der Waals surface area contributed by atoms with Gasteiger partial charge in [0.05, 0.1) is 36.1 Å². The lowest BCUT2D eigenvalue weighted by molar-refractivity contribution is -0.138. The molecule has 298 valence electrons. The molecular formula is C29H35Cl6F6N8S4+. The van der Waals surface area contributed by atoms with Gasteiger partial charge in [-0.25, -0.2) is 9.36 Å². The quantitative estimate of drug-likeness (QED) is 0.0560. The second-order valence-electron chi connectivity index (χ2n) is 9.40. The van der Waals surface area contributed by atoms with Crippen LogP contribution in [0, 0.1) is 0 Å². The Morgan fingerprint density at radius 1 is 0.774 bits per heavy atom. The Kier molecular flexibility index (Phi) is 20.6. The molecule has 53 heavy (non-hydrogen) atoms. The molecule has 0 aliphatic rings. The Morgan fingerprint density at radius 2 is 1.19 bits per heavy atom. The van der Waals surface area contributed by atoms with E-state index in [4.69, 9.17) is 93.0 Å². The summed E-state index contributed by atoms with van der Waals surface area (Å²) in [6.07, 6.45) is -7.64. The van der Waals surface area contributed by atoms with Gasteiger partial charge in [0.2, 0.25) is 0 Å². The van der Waals surface area contributed by atoms with Crippen LogP contribution in [0.3, 0.4) is 0 Å². The smallest absolute Gasteiger partial charge is 0.388 e. The van der Waals surface area contributed by atoms with Crippen molar-refractivity contribution in [1.82, 2.24) is 19.6 Å². The van der Waals surface area contributed by atoms with Crippen LogP contribution in [0.2, 0.25) is 20.1 Å². The van der Waals surface area contributed by atoms with Crippen molar-refractivity contribution in [3.63, 3.8) is 0 Å². The summed E-state index contributed by atoms with van der Waals surface area (Å²) in [5.41, 5.74) is 10.2. The SMILES string of the molecule is CCSCl.CCSc1c(C(N)=S)nn(-c2c(Cl)cc(C(F)(F)F)cc2Cl)c1NC.CCl.CNc1cc(C(N)=S)nn1-c1c(Cl)cc(C(F)(F)F)cc1Cl.[H+].[HH].[HH]. The van der Waals surface area contributed by atoms with E-state index in [0.717, 1.165) is 30.0 Å². The molecule has 0 unspecified atom stereocenters. The fourth-order valence-electron chi connectivity index (χ4n) is 3.94. The van der Waals surface area contributed by atoms with Crippen molar-refractivity contribution in [3.8, 4) is 11.4 Å². The van der Waals surface area contributed by atoms with Crippen molar-refractivity contribution >= 4 is 137 Å². The number of rotatable bonds is 9. The number of nitrogens with two attached hydrogens (primary N) is 2. The largest absolute Gasteiger partial charge is 1.00 e. The molecule has 4 rings (SSSR count). The minimum Gasteiger partial charge on any atom is -0.388 e. The van der Waals surface area contributed by atoms with Gasteiger partial charge in [0.15, 0.2) is 0 Å². The number of hydrogen-bond acceptors (Lipinski definition) is 8. The average molecular weight is 951 g/mol. The molecule has 6 N–H and O–H groups in total. The summed E-state index contributed by atoms with van der Waals surface area (Å²) in [4.78, 5) is 0.768. The molecule has 0 radical (unpaired) electrons. The minimum atomic E-state index is -4.56. The first-order valence-electron chi connectivity index (χ1n) is 14.2. The number of thioether (sulfide) groups is 1. The van der Waals surface area contributed by atoms with E-state index < -0.39 is 23.5 Å². The van der Waals surface area contributed by atoms with Gasteiger partial charge in [-0.2, -0.15) is 36.5 Å². The number of aromatic nitrogens is 4. The predicted octanol–water partition coefficient (Wildman–Crippen LogP) is 12.2. The van der Waals surface area contributed by atoms with E-state index in [-0.39, 0.29) is 51.4 Å². The van der Waals surface area contributed by atoms with Crippen molar-refractivity contribution < 1.29 is 30.6 Å². The Balaban J connectivity index is -0.000000843. The maximum absolute atomic E-state index is 12.9. The van der Waals surface area contributed by atoms with Crippen LogP contribution in [0.4, 0.5) is 38.0 Å². The van der Waals surface area contributed by atoms with Gasteiger partial charge in [0.1, 0.15) is 44.4 Å². The molecule has 4 aromatic rings. The second kappa shape index (κ2) is 22.1. The summed E-state index contributed by atoms with van der Waals surface area (Å²) >= 11 is 40.0. The molecule has 0 bridgehead atoms. The Labute approximate surface area is 354 Å². The molecule has 0 aliphatic carbocycles. The average Bonchev–Trinajstić information content (AvgIpc) is 3.67. The molecule has 0 atom stereocenters. The van der Waals surface area contributed by atoms with Gasteiger partial charge in [-0.3, -0.25) is 0 Å². The molecule has 0 aliphatic heterocycles. The highest BCUT2D eigenvalue weighted by atomic mass is 35.7. The number of benzene rings is 2. The number of thiocarbonyl (C=S) groups is 2. The van der Waals surface area contributed by atoms with Crippen LogP contribution in [0.15, 0.2) is 35.2 Å². The summed E-state index contributed by atoms with van der Waals surface area (Å²) in [7, 11) is 9.67. The first-order valence-corrected chi connectivity index (χ1v) is 20.1. The lowest BCUT2D eigenvalue weighted by Crippen LogP contribution is -2.12. The third-order valence-corrected chi connectivity index (χ3v) is 9.43. The monoisotopic (exact) mass is 947 g/mol. The van der Waals surface area contributed by atoms with E-state index in [9.17, 15) is 26.3 Å². The predicted molar refractivity (Wildman–Crippen MR) is 226 cm³/mol. The van der Waals surface area contributed by atoms with Gasteiger partial charge in [-0.15, -0.1) is 23.4 Å². The molecule has 2 aromatic heterocycles. The highest BCUT2D eigenvalue weighted by molar-refractivity contribution is 8.21. The van der Waals surface area contributed by atoms with Crippen molar-refractivity contribution in [2.45, 2.75) is 31.1 Å². The second-order valence-corrected chi connectivity index (χ2v) is 14.6.